The van der Waals surface area contributed by atoms with E-state index in [-0.39, 0.29) is 12.0 Å². The monoisotopic (exact) mass is 430 g/mol. The second-order valence-electron chi connectivity index (χ2n) is 8.66. The summed E-state index contributed by atoms with van der Waals surface area (Å²) in [6, 6.07) is 2.31. The van der Waals surface area contributed by atoms with Crippen molar-refractivity contribution in [1.82, 2.24) is 25.1 Å². The molecule has 0 fully saturated rings. The predicted octanol–water partition coefficient (Wildman–Crippen LogP) is 6.23. The Bertz CT molecular complexity index is 1080. The van der Waals surface area contributed by atoms with Gasteiger partial charge in [-0.1, -0.05) is 38.2 Å². The van der Waals surface area contributed by atoms with E-state index in [0.717, 1.165) is 47.3 Å². The van der Waals surface area contributed by atoms with E-state index in [1.807, 2.05) is 25.4 Å². The van der Waals surface area contributed by atoms with Crippen LogP contribution >= 0.6 is 0 Å². The number of pyridine rings is 1. The summed E-state index contributed by atoms with van der Waals surface area (Å²) in [6.45, 7) is 14.7. The second kappa shape index (κ2) is 10.8. The lowest BCUT2D eigenvalue weighted by molar-refractivity contribution is 0.610. The van der Waals surface area contributed by atoms with Crippen molar-refractivity contribution in [2.45, 2.75) is 65.8 Å². The molecule has 2 aromatic heterocycles. The van der Waals surface area contributed by atoms with Gasteiger partial charge in [0.1, 0.15) is 12.1 Å². The summed E-state index contributed by atoms with van der Waals surface area (Å²) in [5.41, 5.74) is 6.86. The molecule has 0 saturated carbocycles. The van der Waals surface area contributed by atoms with Gasteiger partial charge < -0.3 is 5.32 Å². The van der Waals surface area contributed by atoms with Gasteiger partial charge in [0.05, 0.1) is 0 Å². The van der Waals surface area contributed by atoms with Gasteiger partial charge in [-0.05, 0) is 68.7 Å². The van der Waals surface area contributed by atoms with Crippen molar-refractivity contribution < 1.29 is 0 Å². The zero-order valence-electron chi connectivity index (χ0n) is 19.8. The molecule has 0 saturated heterocycles. The highest BCUT2D eigenvalue weighted by Gasteiger charge is 2.22. The van der Waals surface area contributed by atoms with Crippen molar-refractivity contribution >= 4 is 5.82 Å². The highest BCUT2D eigenvalue weighted by Crippen LogP contribution is 2.33. The van der Waals surface area contributed by atoms with Gasteiger partial charge in [-0.15, -0.1) is 0 Å². The quantitative estimate of drug-likeness (QED) is 0.568. The summed E-state index contributed by atoms with van der Waals surface area (Å²) >= 11 is 0. The molecule has 0 aromatic carbocycles. The largest absolute Gasteiger partial charge is 0.367 e. The van der Waals surface area contributed by atoms with Crippen LogP contribution in [0.4, 0.5) is 5.82 Å². The minimum atomic E-state index is 0.249. The first-order valence-electron chi connectivity index (χ1n) is 11.2. The van der Waals surface area contributed by atoms with E-state index in [2.05, 4.69) is 71.9 Å². The number of H-pyrrole nitrogens is 1. The van der Waals surface area contributed by atoms with Crippen molar-refractivity contribution in [3.05, 3.63) is 77.6 Å². The summed E-state index contributed by atoms with van der Waals surface area (Å²) in [5.74, 6) is 1.66. The van der Waals surface area contributed by atoms with Crippen LogP contribution in [-0.2, 0) is 0 Å². The third-order valence-corrected chi connectivity index (χ3v) is 5.60. The fourth-order valence-corrected chi connectivity index (χ4v) is 4.01. The highest BCUT2D eigenvalue weighted by molar-refractivity contribution is 5.57. The number of aromatic amines is 1. The van der Waals surface area contributed by atoms with E-state index in [1.54, 1.807) is 6.20 Å². The normalized spacial score (nSPS) is 16.4. The molecule has 1 aliphatic rings. The molecule has 0 bridgehead atoms. The minimum Gasteiger partial charge on any atom is -0.367 e. The van der Waals surface area contributed by atoms with Crippen molar-refractivity contribution in [3.8, 4) is 11.4 Å². The maximum atomic E-state index is 4.99. The van der Waals surface area contributed by atoms with Crippen LogP contribution in [0.5, 0.6) is 0 Å². The maximum absolute atomic E-state index is 4.99. The van der Waals surface area contributed by atoms with E-state index in [1.165, 1.54) is 17.5 Å². The van der Waals surface area contributed by atoms with Gasteiger partial charge >= 0.3 is 0 Å². The van der Waals surface area contributed by atoms with Gasteiger partial charge in [-0.2, -0.15) is 5.10 Å². The molecule has 0 spiro atoms. The first-order valence-corrected chi connectivity index (χ1v) is 11.2. The van der Waals surface area contributed by atoms with E-state index in [4.69, 9.17) is 4.98 Å². The number of anilines is 1. The highest BCUT2D eigenvalue weighted by atomic mass is 15.1. The Balaban J connectivity index is 2.07. The Kier molecular flexibility index (Phi) is 7.92. The van der Waals surface area contributed by atoms with Gasteiger partial charge in [0.15, 0.2) is 5.82 Å². The molecule has 2 heterocycles. The van der Waals surface area contributed by atoms with Crippen molar-refractivity contribution in [3.63, 3.8) is 0 Å². The van der Waals surface area contributed by atoms with Crippen molar-refractivity contribution in [1.29, 1.82) is 0 Å². The molecule has 0 amide bonds. The summed E-state index contributed by atoms with van der Waals surface area (Å²) in [6.07, 6.45) is 14.3. The zero-order valence-corrected chi connectivity index (χ0v) is 19.8. The van der Waals surface area contributed by atoms with Crippen molar-refractivity contribution in [2.24, 2.45) is 0 Å². The van der Waals surface area contributed by atoms with Gasteiger partial charge in [0, 0.05) is 35.8 Å². The van der Waals surface area contributed by atoms with E-state index in [0.29, 0.717) is 5.82 Å². The molecule has 6 heteroatoms. The van der Waals surface area contributed by atoms with Crippen LogP contribution in [-0.4, -0.2) is 31.2 Å². The zero-order chi connectivity index (χ0) is 23.1. The topological polar surface area (TPSA) is 79.4 Å². The summed E-state index contributed by atoms with van der Waals surface area (Å²) in [4.78, 5) is 13.8. The Morgan fingerprint density at radius 2 is 2.12 bits per heavy atom. The fraction of sp³-hybridized carbons (Fsp3) is 0.385. The summed E-state index contributed by atoms with van der Waals surface area (Å²) < 4.78 is 0. The Labute approximate surface area is 191 Å². The lowest BCUT2D eigenvalue weighted by Crippen LogP contribution is -2.25. The minimum absolute atomic E-state index is 0.249. The second-order valence-corrected chi connectivity index (χ2v) is 8.66. The molecule has 1 aliphatic carbocycles. The van der Waals surface area contributed by atoms with Crippen LogP contribution in [0.25, 0.3) is 11.4 Å². The van der Waals surface area contributed by atoms with Crippen LogP contribution in [0.2, 0.25) is 0 Å². The third-order valence-electron chi connectivity index (χ3n) is 5.60. The molecule has 0 aliphatic heterocycles. The van der Waals surface area contributed by atoms with Gasteiger partial charge in [0.2, 0.25) is 0 Å². The van der Waals surface area contributed by atoms with Gasteiger partial charge in [0.25, 0.3) is 0 Å². The Hall–Kier alpha value is -3.28. The van der Waals surface area contributed by atoms with Crippen molar-refractivity contribution in [2.75, 3.05) is 5.32 Å². The maximum Gasteiger partial charge on any atom is 0.164 e. The number of hydrogen-bond acceptors (Lipinski definition) is 5. The van der Waals surface area contributed by atoms with E-state index < -0.39 is 0 Å². The molecule has 0 radical (unpaired) electrons. The van der Waals surface area contributed by atoms with Gasteiger partial charge in [-0.3, -0.25) is 10.1 Å². The average Bonchev–Trinajstić information content (AvgIpc) is 2.84. The molecule has 32 heavy (non-hydrogen) atoms. The van der Waals surface area contributed by atoms with Gasteiger partial charge in [-0.25, -0.2) is 9.97 Å². The molecular weight excluding hydrogens is 396 g/mol. The van der Waals surface area contributed by atoms with Crippen LogP contribution in [0.1, 0.15) is 64.0 Å². The van der Waals surface area contributed by atoms with Crippen LogP contribution in [0.3, 0.4) is 0 Å². The number of aryl methyl sites for hydroxylation is 1. The molecule has 1 atom stereocenters. The fourth-order valence-electron chi connectivity index (χ4n) is 4.01. The van der Waals surface area contributed by atoms with Crippen LogP contribution in [0, 0.1) is 6.92 Å². The molecule has 6 nitrogen and oxygen atoms in total. The molecule has 2 aromatic rings. The van der Waals surface area contributed by atoms with E-state index >= 15 is 0 Å². The summed E-state index contributed by atoms with van der Waals surface area (Å²) in [5, 5.41) is 10.9. The number of nitrogens with zero attached hydrogens (tertiary/aromatic N) is 4. The summed E-state index contributed by atoms with van der Waals surface area (Å²) in [7, 11) is 0. The van der Waals surface area contributed by atoms with E-state index in [9.17, 15) is 0 Å². The molecule has 168 valence electrons. The number of hydrogen-bond donors (Lipinski definition) is 2. The lowest BCUT2D eigenvalue weighted by atomic mass is 9.85. The number of rotatable bonds is 6. The Morgan fingerprint density at radius 3 is 2.81 bits per heavy atom. The molecular formula is C26H34N6. The third kappa shape index (κ3) is 5.90. The smallest absolute Gasteiger partial charge is 0.164 e. The standard InChI is InChI=1S/C26H34N6/c1-7-8-20-12-22(9-10-23(20)17(2)3)31-26-24(18(4)5)15-29-30-16-28-25(32-26)21-11-19(6)13-27-14-21/h7-8,11,13-16,18,22,29H,2,9-10,12H2,1,3-6H3,(H,28,30,31,32)/b8-7-,24-15?. The SMILES string of the molecule is C=C(C)C1=C(/C=C\C)CC(Nc2nc(-c3cncc(C)c3)ncn[nH]cc2C(C)C)CC1. The van der Waals surface area contributed by atoms with Crippen LogP contribution < -0.4 is 5.32 Å². The molecule has 2 N–H and O–H groups in total. The average molecular weight is 431 g/mol. The Morgan fingerprint density at radius 1 is 1.31 bits per heavy atom. The number of aromatic nitrogens is 5. The number of nitrogens with one attached hydrogen (secondary N) is 2. The first kappa shape index (κ1) is 23.4. The first-order chi connectivity index (χ1) is 15.4. The van der Waals surface area contributed by atoms with Crippen LogP contribution in [0.15, 0.2) is 66.4 Å². The molecule has 1 unspecified atom stereocenters. The lowest BCUT2D eigenvalue weighted by Gasteiger charge is -2.28. The predicted molar refractivity (Wildman–Crippen MR) is 132 cm³/mol. The molecule has 3 rings (SSSR count). The number of allylic oxidation sites excluding steroid dienone is 4.